The summed E-state index contributed by atoms with van der Waals surface area (Å²) in [5.41, 5.74) is -0.00232. The van der Waals surface area contributed by atoms with Crippen LogP contribution >= 0.6 is 11.6 Å². The highest BCUT2D eigenvalue weighted by molar-refractivity contribution is 6.33. The van der Waals surface area contributed by atoms with E-state index in [0.717, 1.165) is 6.07 Å². The largest absolute Gasteiger partial charge is 0.493 e. The van der Waals surface area contributed by atoms with Crippen molar-refractivity contribution in [2.24, 2.45) is 0 Å². The molecule has 15 heteroatoms. The number of ether oxygens (including phenoxy) is 2. The van der Waals surface area contributed by atoms with Crippen molar-refractivity contribution in [3.8, 4) is 11.5 Å². The van der Waals surface area contributed by atoms with Crippen molar-refractivity contribution in [1.82, 2.24) is 35.2 Å². The number of nitrogens with zero attached hydrogens (tertiary/aromatic N) is 5. The lowest BCUT2D eigenvalue weighted by Gasteiger charge is -2.25. The Morgan fingerprint density at radius 1 is 1.10 bits per heavy atom. The van der Waals surface area contributed by atoms with Gasteiger partial charge in [0.15, 0.2) is 11.5 Å². The number of fused-ring (bicyclic) bond motifs is 4. The second-order valence-electron chi connectivity index (χ2n) is 11.7. The van der Waals surface area contributed by atoms with E-state index in [1.165, 1.54) is 30.5 Å². The van der Waals surface area contributed by atoms with Crippen molar-refractivity contribution in [1.29, 1.82) is 0 Å². The van der Waals surface area contributed by atoms with Crippen molar-refractivity contribution in [3.63, 3.8) is 0 Å². The summed E-state index contributed by atoms with van der Waals surface area (Å²) in [5.74, 6) is -1.67. The second-order valence-corrected chi connectivity index (χ2v) is 12.1. The molecule has 13 nitrogen and oxygen atoms in total. The van der Waals surface area contributed by atoms with E-state index in [2.05, 4.69) is 20.7 Å². The summed E-state index contributed by atoms with van der Waals surface area (Å²) >= 11 is 6.22. The summed E-state index contributed by atoms with van der Waals surface area (Å²) in [5, 5.41) is 9.82. The zero-order valence-electron chi connectivity index (χ0n) is 26.7. The summed E-state index contributed by atoms with van der Waals surface area (Å²) in [4.78, 5) is 60.4. The fraction of sp³-hybridized carbons (Fsp3) is 0.455. The highest BCUT2D eigenvalue weighted by atomic mass is 35.5. The number of amides is 4. The number of carbonyl (C=O) groups excluding carboxylic acids is 4. The van der Waals surface area contributed by atoms with Crippen LogP contribution in [0.4, 0.5) is 4.39 Å². The van der Waals surface area contributed by atoms with Crippen LogP contribution in [0.1, 0.15) is 59.2 Å². The van der Waals surface area contributed by atoms with Gasteiger partial charge in [-0.1, -0.05) is 17.7 Å². The van der Waals surface area contributed by atoms with Gasteiger partial charge in [-0.2, -0.15) is 5.10 Å². The van der Waals surface area contributed by atoms with Gasteiger partial charge in [0, 0.05) is 51.1 Å². The lowest BCUT2D eigenvalue weighted by atomic mass is 10.1. The number of aromatic nitrogens is 3. The first-order valence-electron chi connectivity index (χ1n) is 16.0. The summed E-state index contributed by atoms with van der Waals surface area (Å²) in [7, 11) is 1.46. The maximum Gasteiger partial charge on any atom is 0.259 e. The first-order valence-corrected chi connectivity index (χ1v) is 16.4. The summed E-state index contributed by atoms with van der Waals surface area (Å²) in [6.07, 6.45) is 5.17. The molecular formula is C33H39ClFN7O6. The van der Waals surface area contributed by atoms with E-state index < -0.39 is 29.8 Å². The molecule has 4 amide bonds. The molecule has 3 heterocycles. The molecule has 1 aromatic heterocycles. The molecule has 0 spiro atoms. The van der Waals surface area contributed by atoms with Crippen molar-refractivity contribution >= 4 is 35.2 Å². The maximum absolute atomic E-state index is 14.8. The van der Waals surface area contributed by atoms with Gasteiger partial charge in [-0.25, -0.2) is 9.37 Å². The zero-order chi connectivity index (χ0) is 34.0. The fourth-order valence-corrected chi connectivity index (χ4v) is 6.13. The zero-order valence-corrected chi connectivity index (χ0v) is 27.5. The highest BCUT2D eigenvalue weighted by Gasteiger charge is 2.42. The van der Waals surface area contributed by atoms with Crippen molar-refractivity contribution in [2.45, 2.75) is 57.2 Å². The van der Waals surface area contributed by atoms with E-state index in [-0.39, 0.29) is 41.1 Å². The first-order chi connectivity index (χ1) is 23.2. The van der Waals surface area contributed by atoms with E-state index in [9.17, 15) is 23.6 Å². The minimum atomic E-state index is -0.971. The number of hydrogen-bond donors (Lipinski definition) is 2. The van der Waals surface area contributed by atoms with E-state index in [1.54, 1.807) is 34.1 Å². The van der Waals surface area contributed by atoms with Gasteiger partial charge in [-0.3, -0.25) is 23.9 Å². The number of likely N-dealkylation sites (tertiary alicyclic amines) is 1. The number of aryl methyl sites for hydroxylation is 1. The summed E-state index contributed by atoms with van der Waals surface area (Å²) < 4.78 is 28.2. The monoisotopic (exact) mass is 683 g/mol. The molecule has 0 radical (unpaired) electrons. The Hall–Kier alpha value is -4.72. The summed E-state index contributed by atoms with van der Waals surface area (Å²) in [6, 6.07) is 7.73. The van der Waals surface area contributed by atoms with E-state index >= 15 is 0 Å². The molecule has 2 N–H and O–H groups in total. The number of carbonyl (C=O) groups is 4. The third-order valence-corrected chi connectivity index (χ3v) is 8.68. The minimum absolute atomic E-state index is 0.00808. The SMILES string of the molecule is COc1ccc2cc1O[C@H]1C[C@@H](C(=O)NCCCCN(C(=O)CCCn3cncn3)CCCNC2=O)N(C(=O)c2c(F)cccc2Cl)C1. The van der Waals surface area contributed by atoms with Crippen molar-refractivity contribution < 1.29 is 33.0 Å². The third-order valence-electron chi connectivity index (χ3n) is 8.36. The Bertz CT molecular complexity index is 1590. The summed E-state index contributed by atoms with van der Waals surface area (Å²) in [6.45, 7) is 2.12. The van der Waals surface area contributed by atoms with E-state index in [1.807, 2.05) is 0 Å². The molecule has 2 atom stereocenters. The number of hydrogen-bond acceptors (Lipinski definition) is 8. The van der Waals surface area contributed by atoms with Crippen LogP contribution in [0, 0.1) is 5.82 Å². The molecule has 4 bridgehead atoms. The number of benzene rings is 2. The average molecular weight is 684 g/mol. The minimum Gasteiger partial charge on any atom is -0.493 e. The molecule has 1 fully saturated rings. The molecule has 256 valence electrons. The van der Waals surface area contributed by atoms with Gasteiger partial charge in [0.25, 0.3) is 11.8 Å². The smallest absolute Gasteiger partial charge is 0.259 e. The Balaban J connectivity index is 1.34. The Morgan fingerprint density at radius 2 is 1.92 bits per heavy atom. The quantitative estimate of drug-likeness (QED) is 0.403. The van der Waals surface area contributed by atoms with Crippen LogP contribution in [0.15, 0.2) is 49.1 Å². The van der Waals surface area contributed by atoms with Gasteiger partial charge in [0.2, 0.25) is 11.8 Å². The molecule has 2 aliphatic rings. The fourth-order valence-electron chi connectivity index (χ4n) is 5.88. The molecule has 1 saturated heterocycles. The lowest BCUT2D eigenvalue weighted by molar-refractivity contribution is -0.131. The van der Waals surface area contributed by atoms with Crippen LogP contribution in [-0.4, -0.2) is 100 Å². The van der Waals surface area contributed by atoms with Gasteiger partial charge >= 0.3 is 0 Å². The highest BCUT2D eigenvalue weighted by Crippen LogP contribution is 2.33. The lowest BCUT2D eigenvalue weighted by Crippen LogP contribution is -2.46. The number of nitrogens with one attached hydrogen (secondary N) is 2. The second kappa shape index (κ2) is 16.4. The molecule has 48 heavy (non-hydrogen) atoms. The van der Waals surface area contributed by atoms with Crippen molar-refractivity contribution in [3.05, 3.63) is 71.0 Å². The molecule has 0 saturated carbocycles. The maximum atomic E-state index is 14.8. The van der Waals surface area contributed by atoms with Gasteiger partial charge in [-0.05, 0) is 56.0 Å². The molecule has 2 aromatic carbocycles. The molecule has 5 rings (SSSR count). The molecule has 0 aliphatic carbocycles. The number of rotatable bonds is 6. The molecular weight excluding hydrogens is 645 g/mol. The predicted molar refractivity (Wildman–Crippen MR) is 173 cm³/mol. The topological polar surface area (TPSA) is 148 Å². The third kappa shape index (κ3) is 8.59. The van der Waals surface area contributed by atoms with Gasteiger partial charge in [-0.15, -0.1) is 0 Å². The van der Waals surface area contributed by atoms with Crippen LogP contribution < -0.4 is 20.1 Å². The van der Waals surface area contributed by atoms with Crippen LogP contribution in [0.3, 0.4) is 0 Å². The molecule has 0 unspecified atom stereocenters. The van der Waals surface area contributed by atoms with Gasteiger partial charge in [0.05, 0.1) is 24.2 Å². The van der Waals surface area contributed by atoms with E-state index in [0.29, 0.717) is 76.1 Å². The van der Waals surface area contributed by atoms with Crippen LogP contribution in [0.5, 0.6) is 11.5 Å². The van der Waals surface area contributed by atoms with Crippen molar-refractivity contribution in [2.75, 3.05) is 39.8 Å². The molecule has 3 aromatic rings. The first kappa shape index (κ1) is 34.6. The Labute approximate surface area is 282 Å². The van der Waals surface area contributed by atoms with Gasteiger partial charge in [0.1, 0.15) is 30.6 Å². The number of methoxy groups -OCH3 is 1. The van der Waals surface area contributed by atoms with E-state index in [4.69, 9.17) is 21.1 Å². The van der Waals surface area contributed by atoms with Gasteiger partial charge < -0.3 is 29.9 Å². The van der Waals surface area contributed by atoms with Crippen LogP contribution in [-0.2, 0) is 16.1 Å². The normalized spacial score (nSPS) is 19.3. The van der Waals surface area contributed by atoms with Crippen LogP contribution in [0.2, 0.25) is 5.02 Å². The Kier molecular flexibility index (Phi) is 11.8. The molecule has 2 aliphatic heterocycles. The average Bonchev–Trinajstić information content (AvgIpc) is 3.75. The van der Waals surface area contributed by atoms with Crippen LogP contribution in [0.25, 0.3) is 0 Å². The number of halogens is 2. The standard InChI is InChI=1S/C33H39ClFN7O6/c1-47-27-11-10-22-17-28(27)48-23-18-26(42(19-23)33(46)30-24(34)7-4-8-25(30)35)32(45)38-12-2-3-14-40(15-6-13-37-31(22)44)29(43)9-5-16-41-21-36-20-39-41/h4,7-8,10-11,17,20-21,23,26H,2-3,5-6,9,12-16,18-19H2,1H3,(H,37,44)(H,38,45)/t23-,26-/m0/s1. The Morgan fingerprint density at radius 3 is 2.69 bits per heavy atom. The predicted octanol–water partition coefficient (Wildman–Crippen LogP) is 3.08.